The fourth-order valence-corrected chi connectivity index (χ4v) is 3.27. The number of amides is 1. The Labute approximate surface area is 176 Å². The third-order valence-corrected chi connectivity index (χ3v) is 4.90. The Bertz CT molecular complexity index is 1120. The van der Waals surface area contributed by atoms with Crippen molar-refractivity contribution in [3.05, 3.63) is 78.9 Å². The molecule has 150 valence electrons. The first kappa shape index (κ1) is 19.5. The lowest BCUT2D eigenvalue weighted by molar-refractivity contribution is -0.113. The molecule has 8 nitrogen and oxygen atoms in total. The summed E-state index contributed by atoms with van der Waals surface area (Å²) in [6.07, 6.45) is 0. The molecule has 0 bridgehead atoms. The van der Waals surface area contributed by atoms with Crippen LogP contribution in [-0.4, -0.2) is 37.0 Å². The van der Waals surface area contributed by atoms with E-state index in [1.807, 2.05) is 30.3 Å². The van der Waals surface area contributed by atoms with Crippen molar-refractivity contribution < 1.29 is 14.6 Å². The van der Waals surface area contributed by atoms with Crippen LogP contribution in [0, 0.1) is 0 Å². The maximum Gasteiger partial charge on any atom is 0.234 e. The fraction of sp³-hybridized carbons (Fsp3) is 0.0476. The van der Waals surface area contributed by atoms with Crippen molar-refractivity contribution in [1.29, 1.82) is 0 Å². The number of ether oxygens (including phenoxy) is 1. The largest absolute Gasteiger partial charge is 0.508 e. The van der Waals surface area contributed by atoms with Crippen molar-refractivity contribution in [3.63, 3.8) is 0 Å². The predicted molar refractivity (Wildman–Crippen MR) is 113 cm³/mol. The molecule has 30 heavy (non-hydrogen) atoms. The van der Waals surface area contributed by atoms with E-state index in [0.29, 0.717) is 22.3 Å². The molecule has 4 aromatic rings. The van der Waals surface area contributed by atoms with Gasteiger partial charge in [-0.2, -0.15) is 4.68 Å². The molecule has 0 atom stereocenters. The summed E-state index contributed by atoms with van der Waals surface area (Å²) in [6.45, 7) is 0. The number of phenolic OH excluding ortho intramolecular Hbond substituents is 1. The lowest BCUT2D eigenvalue weighted by Gasteiger charge is -2.08. The number of phenols is 1. The molecule has 0 spiro atoms. The molecule has 0 aliphatic carbocycles. The van der Waals surface area contributed by atoms with E-state index in [4.69, 9.17) is 4.74 Å². The average Bonchev–Trinajstić information content (AvgIpc) is 3.24. The summed E-state index contributed by atoms with van der Waals surface area (Å²) in [4.78, 5) is 12.3. The molecule has 4 rings (SSSR count). The molecule has 0 radical (unpaired) electrons. The van der Waals surface area contributed by atoms with Gasteiger partial charge in [-0.15, -0.1) is 5.10 Å². The first-order valence-corrected chi connectivity index (χ1v) is 9.99. The minimum absolute atomic E-state index is 0.140. The van der Waals surface area contributed by atoms with E-state index < -0.39 is 0 Å². The molecule has 1 aromatic heterocycles. The van der Waals surface area contributed by atoms with Gasteiger partial charge in [-0.3, -0.25) is 4.79 Å². The molecule has 0 aliphatic rings. The van der Waals surface area contributed by atoms with Crippen LogP contribution in [0.25, 0.3) is 5.69 Å². The third kappa shape index (κ3) is 4.95. The Kier molecular flexibility index (Phi) is 5.90. The molecule has 0 unspecified atom stereocenters. The van der Waals surface area contributed by atoms with Crippen LogP contribution in [0.15, 0.2) is 84.0 Å². The number of rotatable bonds is 7. The molecule has 1 amide bonds. The zero-order valence-electron chi connectivity index (χ0n) is 15.7. The Balaban J connectivity index is 1.32. The van der Waals surface area contributed by atoms with Crippen LogP contribution in [0.3, 0.4) is 0 Å². The van der Waals surface area contributed by atoms with Gasteiger partial charge in [-0.25, -0.2) is 0 Å². The molecular weight excluding hydrogens is 402 g/mol. The molecule has 1 heterocycles. The summed E-state index contributed by atoms with van der Waals surface area (Å²) in [6, 6.07) is 23.1. The van der Waals surface area contributed by atoms with Crippen molar-refractivity contribution in [2.45, 2.75) is 5.16 Å². The number of hydrogen-bond acceptors (Lipinski definition) is 7. The van der Waals surface area contributed by atoms with E-state index in [-0.39, 0.29) is 17.4 Å². The molecule has 3 aromatic carbocycles. The molecular formula is C21H17N5O3S. The second-order valence-corrected chi connectivity index (χ2v) is 7.11. The normalized spacial score (nSPS) is 10.5. The topological polar surface area (TPSA) is 102 Å². The van der Waals surface area contributed by atoms with Crippen molar-refractivity contribution in [3.8, 4) is 22.9 Å². The van der Waals surface area contributed by atoms with Crippen LogP contribution in [0.5, 0.6) is 17.2 Å². The van der Waals surface area contributed by atoms with E-state index in [0.717, 1.165) is 5.75 Å². The average molecular weight is 419 g/mol. The highest BCUT2D eigenvalue weighted by molar-refractivity contribution is 7.99. The van der Waals surface area contributed by atoms with Crippen molar-refractivity contribution in [2.75, 3.05) is 11.1 Å². The van der Waals surface area contributed by atoms with Crippen molar-refractivity contribution >= 4 is 23.4 Å². The quantitative estimate of drug-likeness (QED) is 0.438. The number of hydrogen-bond donors (Lipinski definition) is 2. The Morgan fingerprint density at radius 1 is 0.967 bits per heavy atom. The minimum Gasteiger partial charge on any atom is -0.508 e. The predicted octanol–water partition coefficient (Wildman–Crippen LogP) is 3.89. The van der Waals surface area contributed by atoms with E-state index in [9.17, 15) is 9.90 Å². The highest BCUT2D eigenvalue weighted by atomic mass is 32.2. The first-order valence-electron chi connectivity index (χ1n) is 9.01. The lowest BCUT2D eigenvalue weighted by atomic mass is 10.3. The number of anilines is 1. The maximum absolute atomic E-state index is 12.3. The number of carbonyl (C=O) groups is 1. The van der Waals surface area contributed by atoms with Gasteiger partial charge >= 0.3 is 0 Å². The molecule has 9 heteroatoms. The van der Waals surface area contributed by atoms with Gasteiger partial charge in [0.1, 0.15) is 17.2 Å². The summed E-state index contributed by atoms with van der Waals surface area (Å²) in [5, 5.41) is 24.3. The van der Waals surface area contributed by atoms with E-state index in [1.54, 1.807) is 48.5 Å². The van der Waals surface area contributed by atoms with Crippen LogP contribution >= 0.6 is 11.8 Å². The molecule has 0 fully saturated rings. The summed E-state index contributed by atoms with van der Waals surface area (Å²) >= 11 is 1.21. The number of aromatic hydroxyl groups is 1. The van der Waals surface area contributed by atoms with Gasteiger partial charge in [0.05, 0.1) is 11.4 Å². The number of aromatic nitrogens is 4. The molecule has 0 saturated carbocycles. The number of para-hydroxylation sites is 1. The highest BCUT2D eigenvalue weighted by Gasteiger charge is 2.12. The Morgan fingerprint density at radius 3 is 2.40 bits per heavy atom. The number of nitrogens with zero attached hydrogens (tertiary/aromatic N) is 4. The lowest BCUT2D eigenvalue weighted by Crippen LogP contribution is -2.14. The van der Waals surface area contributed by atoms with Gasteiger partial charge < -0.3 is 15.2 Å². The fourth-order valence-electron chi connectivity index (χ4n) is 2.58. The van der Waals surface area contributed by atoms with E-state index in [1.165, 1.54) is 16.4 Å². The zero-order chi connectivity index (χ0) is 20.8. The zero-order valence-corrected chi connectivity index (χ0v) is 16.5. The van der Waals surface area contributed by atoms with Crippen LogP contribution in [0.4, 0.5) is 5.69 Å². The van der Waals surface area contributed by atoms with Gasteiger partial charge in [-0.05, 0) is 71.1 Å². The molecule has 2 N–H and O–H groups in total. The summed E-state index contributed by atoms with van der Waals surface area (Å²) in [5.41, 5.74) is 1.36. The van der Waals surface area contributed by atoms with Crippen molar-refractivity contribution in [2.24, 2.45) is 0 Å². The van der Waals surface area contributed by atoms with Crippen LogP contribution in [-0.2, 0) is 4.79 Å². The van der Waals surface area contributed by atoms with Crippen LogP contribution < -0.4 is 10.1 Å². The van der Waals surface area contributed by atoms with Gasteiger partial charge in [0.25, 0.3) is 0 Å². The van der Waals surface area contributed by atoms with Gasteiger partial charge in [0.2, 0.25) is 11.1 Å². The van der Waals surface area contributed by atoms with Gasteiger partial charge in [0.15, 0.2) is 0 Å². The van der Waals surface area contributed by atoms with Crippen LogP contribution in [0.2, 0.25) is 0 Å². The summed E-state index contributed by atoms with van der Waals surface area (Å²) < 4.78 is 7.25. The number of thioether (sulfide) groups is 1. The summed E-state index contributed by atoms with van der Waals surface area (Å²) in [5.74, 6) is 1.54. The molecule has 0 saturated heterocycles. The first-order chi connectivity index (χ1) is 14.7. The monoisotopic (exact) mass is 419 g/mol. The number of nitrogens with one attached hydrogen (secondary N) is 1. The van der Waals surface area contributed by atoms with Crippen molar-refractivity contribution in [1.82, 2.24) is 20.2 Å². The smallest absolute Gasteiger partial charge is 0.234 e. The second kappa shape index (κ2) is 9.10. The van der Waals surface area contributed by atoms with Gasteiger partial charge in [0, 0.05) is 5.69 Å². The molecule has 0 aliphatic heterocycles. The summed E-state index contributed by atoms with van der Waals surface area (Å²) in [7, 11) is 0. The number of tetrazole rings is 1. The Morgan fingerprint density at radius 2 is 1.67 bits per heavy atom. The third-order valence-electron chi connectivity index (χ3n) is 3.98. The standard InChI is InChI=1S/C21H17N5O3S/c27-17-10-8-16(9-11-17)26-21(23-24-25-26)30-14-20(28)22-15-6-12-19(13-7-15)29-18-4-2-1-3-5-18/h1-13,27H,14H2,(H,22,28). The Hall–Kier alpha value is -3.85. The van der Waals surface area contributed by atoms with E-state index >= 15 is 0 Å². The van der Waals surface area contributed by atoms with E-state index in [2.05, 4.69) is 20.8 Å². The number of benzene rings is 3. The second-order valence-electron chi connectivity index (χ2n) is 6.17. The van der Waals surface area contributed by atoms with Gasteiger partial charge in [-0.1, -0.05) is 30.0 Å². The SMILES string of the molecule is O=C(CSc1nnnn1-c1ccc(O)cc1)Nc1ccc(Oc2ccccc2)cc1. The van der Waals surface area contributed by atoms with Crippen LogP contribution in [0.1, 0.15) is 0 Å². The maximum atomic E-state index is 12.3. The number of carbonyl (C=O) groups excluding carboxylic acids is 1. The highest BCUT2D eigenvalue weighted by Crippen LogP contribution is 2.23. The minimum atomic E-state index is -0.183.